The minimum absolute atomic E-state index is 0.0240. The van der Waals surface area contributed by atoms with E-state index < -0.39 is 5.54 Å². The third kappa shape index (κ3) is 3.41. The van der Waals surface area contributed by atoms with E-state index in [1.807, 2.05) is 37.4 Å². The molecular formula is C16H22N4O. The molecule has 1 aliphatic heterocycles. The fourth-order valence-electron chi connectivity index (χ4n) is 2.90. The molecule has 0 saturated carbocycles. The van der Waals surface area contributed by atoms with Crippen LogP contribution in [0.25, 0.3) is 0 Å². The smallest absolute Gasteiger partial charge is 0.220 e. The second-order valence-electron chi connectivity index (χ2n) is 5.59. The van der Waals surface area contributed by atoms with E-state index in [-0.39, 0.29) is 11.8 Å². The van der Waals surface area contributed by atoms with Crippen LogP contribution in [-0.2, 0) is 10.3 Å². The number of piperidine rings is 1. The van der Waals surface area contributed by atoms with Crippen molar-refractivity contribution in [2.24, 2.45) is 11.7 Å². The van der Waals surface area contributed by atoms with Gasteiger partial charge in [0.25, 0.3) is 0 Å². The minimum Gasteiger partial charge on any atom is -0.369 e. The van der Waals surface area contributed by atoms with E-state index in [1.54, 1.807) is 0 Å². The van der Waals surface area contributed by atoms with Crippen LogP contribution in [0.1, 0.15) is 18.4 Å². The number of benzene rings is 1. The van der Waals surface area contributed by atoms with Crippen LogP contribution in [0.15, 0.2) is 30.3 Å². The molecule has 0 radical (unpaired) electrons. The van der Waals surface area contributed by atoms with Crippen molar-refractivity contribution in [2.45, 2.75) is 18.4 Å². The summed E-state index contributed by atoms with van der Waals surface area (Å²) in [5, 5.41) is 12.9. The Hall–Kier alpha value is -1.90. The summed E-state index contributed by atoms with van der Waals surface area (Å²) in [4.78, 5) is 13.4. The molecule has 3 N–H and O–H groups in total. The van der Waals surface area contributed by atoms with Gasteiger partial charge in [-0.15, -0.1) is 0 Å². The Kier molecular flexibility index (Phi) is 4.94. The van der Waals surface area contributed by atoms with Crippen molar-refractivity contribution >= 4 is 5.91 Å². The van der Waals surface area contributed by atoms with Crippen LogP contribution in [0, 0.1) is 17.2 Å². The van der Waals surface area contributed by atoms with Gasteiger partial charge < -0.3 is 10.6 Å². The van der Waals surface area contributed by atoms with E-state index in [0.29, 0.717) is 6.54 Å². The van der Waals surface area contributed by atoms with Crippen molar-refractivity contribution in [1.82, 2.24) is 10.2 Å². The van der Waals surface area contributed by atoms with E-state index in [2.05, 4.69) is 16.3 Å². The molecule has 0 aliphatic carbocycles. The van der Waals surface area contributed by atoms with Crippen LogP contribution in [0.3, 0.4) is 0 Å². The van der Waals surface area contributed by atoms with E-state index in [4.69, 9.17) is 5.73 Å². The Labute approximate surface area is 125 Å². The highest BCUT2D eigenvalue weighted by Crippen LogP contribution is 2.24. The van der Waals surface area contributed by atoms with Crippen molar-refractivity contribution < 1.29 is 4.79 Å². The Morgan fingerprint density at radius 3 is 2.52 bits per heavy atom. The number of rotatable bonds is 5. The third-order valence-electron chi connectivity index (χ3n) is 4.33. The van der Waals surface area contributed by atoms with Gasteiger partial charge in [-0.3, -0.25) is 10.1 Å². The molecule has 1 fully saturated rings. The average molecular weight is 286 g/mol. The number of nitrogens with one attached hydrogen (secondary N) is 1. The maximum absolute atomic E-state index is 11.2. The van der Waals surface area contributed by atoms with E-state index >= 15 is 0 Å². The number of hydrogen-bond acceptors (Lipinski definition) is 4. The van der Waals surface area contributed by atoms with Crippen LogP contribution in [0.5, 0.6) is 0 Å². The highest BCUT2D eigenvalue weighted by molar-refractivity contribution is 5.76. The van der Waals surface area contributed by atoms with Crippen LogP contribution in [0.2, 0.25) is 0 Å². The average Bonchev–Trinajstić information content (AvgIpc) is 2.54. The lowest BCUT2D eigenvalue weighted by atomic mass is 9.89. The number of hydrogen-bond donors (Lipinski definition) is 2. The number of carbonyl (C=O) groups excluding carboxylic acids is 1. The molecule has 1 aliphatic rings. The monoisotopic (exact) mass is 286 g/mol. The van der Waals surface area contributed by atoms with Gasteiger partial charge in [-0.1, -0.05) is 30.3 Å². The van der Waals surface area contributed by atoms with Gasteiger partial charge in [0.1, 0.15) is 5.54 Å². The molecule has 0 aromatic heterocycles. The summed E-state index contributed by atoms with van der Waals surface area (Å²) in [6.45, 7) is 2.20. The second-order valence-corrected chi connectivity index (χ2v) is 5.59. The SMILES string of the molecule is CNC(C#N)(CN1CCC(C(N)=O)CC1)c1ccccc1. The summed E-state index contributed by atoms with van der Waals surface area (Å²) >= 11 is 0. The molecule has 1 atom stereocenters. The first-order valence-corrected chi connectivity index (χ1v) is 7.28. The maximum Gasteiger partial charge on any atom is 0.220 e. The summed E-state index contributed by atoms with van der Waals surface area (Å²) in [7, 11) is 1.81. The zero-order valence-electron chi connectivity index (χ0n) is 12.4. The van der Waals surface area contributed by atoms with Crippen molar-refractivity contribution in [3.63, 3.8) is 0 Å². The number of nitrogens with two attached hydrogens (primary N) is 1. The fourth-order valence-corrected chi connectivity index (χ4v) is 2.90. The fraction of sp³-hybridized carbons (Fsp3) is 0.500. The number of nitrogens with zero attached hydrogens (tertiary/aromatic N) is 2. The van der Waals surface area contributed by atoms with Crippen molar-refractivity contribution in [3.05, 3.63) is 35.9 Å². The summed E-state index contributed by atoms with van der Waals surface area (Å²) in [6.07, 6.45) is 1.55. The first kappa shape index (κ1) is 15.5. The van der Waals surface area contributed by atoms with Gasteiger partial charge in [-0.05, 0) is 38.5 Å². The van der Waals surface area contributed by atoms with Gasteiger partial charge in [0.2, 0.25) is 5.91 Å². The van der Waals surface area contributed by atoms with Crippen LogP contribution >= 0.6 is 0 Å². The molecule has 1 unspecified atom stereocenters. The lowest BCUT2D eigenvalue weighted by molar-refractivity contribution is -0.123. The molecule has 1 amide bonds. The standard InChI is InChI=1S/C16H22N4O/c1-19-16(11-17,14-5-3-2-4-6-14)12-20-9-7-13(8-10-20)15(18)21/h2-6,13,19H,7-10,12H2,1H3,(H2,18,21). The topological polar surface area (TPSA) is 82.2 Å². The lowest BCUT2D eigenvalue weighted by Gasteiger charge is -2.37. The normalized spacial score (nSPS) is 19.6. The van der Waals surface area contributed by atoms with Gasteiger partial charge in [-0.2, -0.15) is 5.26 Å². The molecule has 112 valence electrons. The van der Waals surface area contributed by atoms with Gasteiger partial charge >= 0.3 is 0 Å². The van der Waals surface area contributed by atoms with E-state index in [0.717, 1.165) is 31.5 Å². The highest BCUT2D eigenvalue weighted by atomic mass is 16.1. The number of likely N-dealkylation sites (N-methyl/N-ethyl adjacent to an activating group) is 1. The third-order valence-corrected chi connectivity index (χ3v) is 4.33. The van der Waals surface area contributed by atoms with Crippen LogP contribution in [-0.4, -0.2) is 37.5 Å². The Balaban J connectivity index is 2.09. The quantitative estimate of drug-likeness (QED) is 0.839. The Bertz CT molecular complexity index is 517. The van der Waals surface area contributed by atoms with E-state index in [9.17, 15) is 10.1 Å². The largest absolute Gasteiger partial charge is 0.369 e. The molecule has 1 aromatic rings. The molecular weight excluding hydrogens is 264 g/mol. The molecule has 21 heavy (non-hydrogen) atoms. The van der Waals surface area contributed by atoms with Gasteiger partial charge in [0, 0.05) is 12.5 Å². The van der Waals surface area contributed by atoms with Crippen LogP contribution in [0.4, 0.5) is 0 Å². The summed E-state index contributed by atoms with van der Waals surface area (Å²) in [6, 6.07) is 12.2. The number of amides is 1. The molecule has 0 bridgehead atoms. The summed E-state index contributed by atoms with van der Waals surface area (Å²) in [5.74, 6) is -0.234. The van der Waals surface area contributed by atoms with Crippen molar-refractivity contribution in [3.8, 4) is 6.07 Å². The van der Waals surface area contributed by atoms with E-state index in [1.165, 1.54) is 0 Å². The minimum atomic E-state index is -0.721. The Morgan fingerprint density at radius 1 is 1.43 bits per heavy atom. The predicted molar refractivity (Wildman–Crippen MR) is 81.2 cm³/mol. The van der Waals surface area contributed by atoms with Crippen molar-refractivity contribution in [2.75, 3.05) is 26.7 Å². The summed E-state index contributed by atoms with van der Waals surface area (Å²) < 4.78 is 0. The molecule has 1 aromatic carbocycles. The predicted octanol–water partition coefficient (Wildman–Crippen LogP) is 0.822. The second kappa shape index (κ2) is 6.70. The van der Waals surface area contributed by atoms with Gasteiger partial charge in [-0.25, -0.2) is 0 Å². The lowest BCUT2D eigenvalue weighted by Crippen LogP contribution is -2.51. The first-order valence-electron chi connectivity index (χ1n) is 7.28. The number of likely N-dealkylation sites (tertiary alicyclic amines) is 1. The summed E-state index contributed by atoms with van der Waals surface area (Å²) in [5.41, 5.74) is 5.60. The number of nitriles is 1. The molecule has 5 nitrogen and oxygen atoms in total. The van der Waals surface area contributed by atoms with Gasteiger partial charge in [0.15, 0.2) is 0 Å². The Morgan fingerprint density at radius 2 is 2.05 bits per heavy atom. The molecule has 2 rings (SSSR count). The molecule has 1 heterocycles. The zero-order chi connectivity index (χ0) is 15.3. The van der Waals surface area contributed by atoms with Gasteiger partial charge in [0.05, 0.1) is 6.07 Å². The molecule has 0 spiro atoms. The number of primary amides is 1. The van der Waals surface area contributed by atoms with Crippen molar-refractivity contribution in [1.29, 1.82) is 5.26 Å². The maximum atomic E-state index is 11.2. The number of carbonyl (C=O) groups is 1. The van der Waals surface area contributed by atoms with Crippen LogP contribution < -0.4 is 11.1 Å². The zero-order valence-corrected chi connectivity index (χ0v) is 12.4. The highest BCUT2D eigenvalue weighted by Gasteiger charge is 2.34. The molecule has 1 saturated heterocycles. The first-order chi connectivity index (χ1) is 10.1. The molecule has 5 heteroatoms.